The van der Waals surface area contributed by atoms with Gasteiger partial charge < -0.3 is 5.73 Å². The molecular weight excluding hydrogens is 226 g/mol. The molecule has 2 unspecified atom stereocenters. The maximum absolute atomic E-state index is 6.08. The molecule has 13 heavy (non-hydrogen) atoms. The van der Waals surface area contributed by atoms with Crippen molar-refractivity contribution < 1.29 is 0 Å². The third-order valence-electron chi connectivity index (χ3n) is 2.76. The highest BCUT2D eigenvalue weighted by atomic mass is 79.9. The van der Waals surface area contributed by atoms with Crippen molar-refractivity contribution in [3.63, 3.8) is 0 Å². The number of halogens is 1. The molecule has 1 aliphatic carbocycles. The number of rotatable bonds is 0. The van der Waals surface area contributed by atoms with Gasteiger partial charge in [-0.1, -0.05) is 35.0 Å². The van der Waals surface area contributed by atoms with Crippen LogP contribution in [0.25, 0.3) is 0 Å². The van der Waals surface area contributed by atoms with Crippen LogP contribution < -0.4 is 5.73 Å². The zero-order valence-corrected chi connectivity index (χ0v) is 9.34. The maximum atomic E-state index is 6.08. The summed E-state index contributed by atoms with van der Waals surface area (Å²) in [4.78, 5) is 0. The molecule has 1 aliphatic rings. The highest BCUT2D eigenvalue weighted by Gasteiger charge is 2.22. The highest BCUT2D eigenvalue weighted by molar-refractivity contribution is 9.10. The first-order valence-electron chi connectivity index (χ1n) is 4.71. The number of hydrogen-bond donors (Lipinski definition) is 1. The lowest BCUT2D eigenvalue weighted by molar-refractivity contribution is 0.438. The molecule has 0 amide bonds. The Morgan fingerprint density at radius 2 is 2.23 bits per heavy atom. The van der Waals surface area contributed by atoms with Crippen LogP contribution in [0, 0.1) is 5.92 Å². The van der Waals surface area contributed by atoms with Gasteiger partial charge in [-0.2, -0.15) is 0 Å². The summed E-state index contributed by atoms with van der Waals surface area (Å²) in [6.45, 7) is 2.27. The van der Waals surface area contributed by atoms with Gasteiger partial charge in [-0.15, -0.1) is 0 Å². The van der Waals surface area contributed by atoms with Crippen LogP contribution in [0.5, 0.6) is 0 Å². The average molecular weight is 240 g/mol. The Labute approximate surface area is 87.5 Å². The second kappa shape index (κ2) is 3.43. The average Bonchev–Trinajstić information content (AvgIpc) is 2.07. The van der Waals surface area contributed by atoms with Crippen LogP contribution in [0.3, 0.4) is 0 Å². The Morgan fingerprint density at radius 3 is 3.00 bits per heavy atom. The largest absolute Gasteiger partial charge is 0.324 e. The van der Waals surface area contributed by atoms with Crippen molar-refractivity contribution in [2.24, 2.45) is 11.7 Å². The number of fused-ring (bicyclic) bond motifs is 1. The lowest BCUT2D eigenvalue weighted by Gasteiger charge is -2.27. The molecule has 0 aliphatic heterocycles. The monoisotopic (exact) mass is 239 g/mol. The second-order valence-electron chi connectivity index (χ2n) is 3.96. The first-order chi connectivity index (χ1) is 6.18. The van der Waals surface area contributed by atoms with Crippen LogP contribution in [0.15, 0.2) is 22.7 Å². The van der Waals surface area contributed by atoms with Crippen molar-refractivity contribution in [1.82, 2.24) is 0 Å². The van der Waals surface area contributed by atoms with E-state index in [2.05, 4.69) is 41.1 Å². The summed E-state index contributed by atoms with van der Waals surface area (Å²) in [6, 6.07) is 6.55. The van der Waals surface area contributed by atoms with Crippen molar-refractivity contribution in [1.29, 1.82) is 0 Å². The fourth-order valence-corrected chi connectivity index (χ4v) is 2.67. The van der Waals surface area contributed by atoms with Crippen molar-refractivity contribution in [3.8, 4) is 0 Å². The molecule has 0 heterocycles. The zero-order valence-electron chi connectivity index (χ0n) is 7.76. The number of nitrogens with two attached hydrogens (primary N) is 1. The van der Waals surface area contributed by atoms with Crippen LogP contribution >= 0.6 is 15.9 Å². The van der Waals surface area contributed by atoms with Crippen molar-refractivity contribution in [3.05, 3.63) is 33.8 Å². The van der Waals surface area contributed by atoms with Gasteiger partial charge in [0.15, 0.2) is 0 Å². The summed E-state index contributed by atoms with van der Waals surface area (Å²) in [5, 5.41) is 0. The van der Waals surface area contributed by atoms with Gasteiger partial charge in [0, 0.05) is 10.5 Å². The third-order valence-corrected chi connectivity index (χ3v) is 3.51. The fourth-order valence-electron chi connectivity index (χ4n) is 2.13. The molecule has 1 nitrogen and oxygen atoms in total. The SMILES string of the molecule is CC1Cc2c(Br)cccc2C(N)C1. The van der Waals surface area contributed by atoms with E-state index in [1.165, 1.54) is 15.6 Å². The van der Waals surface area contributed by atoms with Gasteiger partial charge in [0.2, 0.25) is 0 Å². The molecule has 2 rings (SSSR count). The second-order valence-corrected chi connectivity index (χ2v) is 4.81. The van der Waals surface area contributed by atoms with E-state index in [1.807, 2.05) is 0 Å². The predicted molar refractivity (Wildman–Crippen MR) is 58.6 cm³/mol. The minimum absolute atomic E-state index is 0.233. The van der Waals surface area contributed by atoms with Crippen LogP contribution in [0.2, 0.25) is 0 Å². The molecule has 70 valence electrons. The molecule has 2 heteroatoms. The van der Waals surface area contributed by atoms with Gasteiger partial charge in [-0.25, -0.2) is 0 Å². The van der Waals surface area contributed by atoms with Crippen LogP contribution in [0.1, 0.15) is 30.5 Å². The lowest BCUT2D eigenvalue weighted by atomic mass is 9.82. The summed E-state index contributed by atoms with van der Waals surface area (Å²) in [6.07, 6.45) is 2.27. The van der Waals surface area contributed by atoms with Gasteiger partial charge >= 0.3 is 0 Å². The van der Waals surface area contributed by atoms with E-state index in [-0.39, 0.29) is 6.04 Å². The van der Waals surface area contributed by atoms with E-state index in [4.69, 9.17) is 5.73 Å². The Morgan fingerprint density at radius 1 is 1.46 bits per heavy atom. The van der Waals surface area contributed by atoms with Crippen LogP contribution in [-0.2, 0) is 6.42 Å². The van der Waals surface area contributed by atoms with E-state index in [0.29, 0.717) is 5.92 Å². The Kier molecular flexibility index (Phi) is 2.43. The first-order valence-corrected chi connectivity index (χ1v) is 5.50. The minimum Gasteiger partial charge on any atom is -0.324 e. The molecule has 0 bridgehead atoms. The molecular formula is C11H14BrN. The van der Waals surface area contributed by atoms with E-state index < -0.39 is 0 Å². The van der Waals surface area contributed by atoms with Crippen LogP contribution in [0.4, 0.5) is 0 Å². The summed E-state index contributed by atoms with van der Waals surface area (Å²) in [5.41, 5.74) is 8.82. The van der Waals surface area contributed by atoms with Gasteiger partial charge in [0.1, 0.15) is 0 Å². The molecule has 0 radical (unpaired) electrons. The third kappa shape index (κ3) is 1.65. The summed E-state index contributed by atoms with van der Waals surface area (Å²) in [5.74, 6) is 0.709. The van der Waals surface area contributed by atoms with Gasteiger partial charge in [-0.3, -0.25) is 0 Å². The van der Waals surface area contributed by atoms with E-state index in [0.717, 1.165) is 12.8 Å². The van der Waals surface area contributed by atoms with Gasteiger partial charge in [0.25, 0.3) is 0 Å². The summed E-state index contributed by atoms with van der Waals surface area (Å²) < 4.78 is 1.21. The smallest absolute Gasteiger partial charge is 0.0300 e. The fraction of sp³-hybridized carbons (Fsp3) is 0.455. The summed E-state index contributed by atoms with van der Waals surface area (Å²) >= 11 is 3.58. The predicted octanol–water partition coefficient (Wildman–Crippen LogP) is 3.03. The molecule has 0 fully saturated rings. The Balaban J connectivity index is 2.49. The van der Waals surface area contributed by atoms with Crippen LogP contribution in [-0.4, -0.2) is 0 Å². The van der Waals surface area contributed by atoms with E-state index >= 15 is 0 Å². The molecule has 0 saturated heterocycles. The lowest BCUT2D eigenvalue weighted by Crippen LogP contribution is -2.22. The normalized spacial score (nSPS) is 27.0. The topological polar surface area (TPSA) is 26.0 Å². The minimum atomic E-state index is 0.233. The molecule has 1 aromatic carbocycles. The Bertz CT molecular complexity index is 322. The summed E-state index contributed by atoms with van der Waals surface area (Å²) in [7, 11) is 0. The molecule has 0 spiro atoms. The molecule has 0 saturated carbocycles. The zero-order chi connectivity index (χ0) is 9.42. The number of hydrogen-bond acceptors (Lipinski definition) is 1. The van der Waals surface area contributed by atoms with Gasteiger partial charge in [-0.05, 0) is 36.0 Å². The number of benzene rings is 1. The van der Waals surface area contributed by atoms with Gasteiger partial charge in [0.05, 0.1) is 0 Å². The molecule has 2 atom stereocenters. The van der Waals surface area contributed by atoms with Crippen molar-refractivity contribution >= 4 is 15.9 Å². The quantitative estimate of drug-likeness (QED) is 0.741. The molecule has 1 aromatic rings. The van der Waals surface area contributed by atoms with Crippen molar-refractivity contribution in [2.45, 2.75) is 25.8 Å². The van der Waals surface area contributed by atoms with E-state index in [1.54, 1.807) is 0 Å². The first kappa shape index (κ1) is 9.22. The molecule has 2 N–H and O–H groups in total. The molecule has 0 aromatic heterocycles. The Hall–Kier alpha value is -0.340. The maximum Gasteiger partial charge on any atom is 0.0300 e. The standard InChI is InChI=1S/C11H14BrN/c1-7-5-9-8(11(13)6-7)3-2-4-10(9)12/h2-4,7,11H,5-6,13H2,1H3. The van der Waals surface area contributed by atoms with E-state index in [9.17, 15) is 0 Å². The highest BCUT2D eigenvalue weighted by Crippen LogP contribution is 2.35. The van der Waals surface area contributed by atoms with Crippen molar-refractivity contribution in [2.75, 3.05) is 0 Å².